The molecule has 0 radical (unpaired) electrons. The van der Waals surface area contributed by atoms with Gasteiger partial charge in [0.1, 0.15) is 9.86 Å². The number of sulfonamides is 1. The Morgan fingerprint density at radius 3 is 2.62 bits per heavy atom. The summed E-state index contributed by atoms with van der Waals surface area (Å²) in [7, 11) is -0.735. The molecule has 1 amide bonds. The SMILES string of the molecule is Cn1c(=O)c2cc(C(=O)NCc3ccc(S(=O)(=O)N4CCOCC4)s3)cnc2n(C)c1=O. The third kappa shape index (κ3) is 3.99. The van der Waals surface area contributed by atoms with Gasteiger partial charge in [0, 0.05) is 38.3 Å². The van der Waals surface area contributed by atoms with E-state index in [0.29, 0.717) is 31.2 Å². The van der Waals surface area contributed by atoms with Crippen molar-refractivity contribution in [2.75, 3.05) is 26.3 Å². The van der Waals surface area contributed by atoms with Gasteiger partial charge in [-0.3, -0.25) is 18.7 Å². The fourth-order valence-electron chi connectivity index (χ4n) is 3.37. The van der Waals surface area contributed by atoms with E-state index < -0.39 is 27.2 Å². The van der Waals surface area contributed by atoms with Crippen LogP contribution < -0.4 is 16.6 Å². The van der Waals surface area contributed by atoms with Crippen molar-refractivity contribution >= 4 is 38.3 Å². The Labute approximate surface area is 186 Å². The number of amides is 1. The minimum Gasteiger partial charge on any atom is -0.379 e. The minimum atomic E-state index is -3.59. The first-order valence-corrected chi connectivity index (χ1v) is 12.0. The highest BCUT2D eigenvalue weighted by molar-refractivity contribution is 7.91. The standard InChI is InChI=1S/C19H21N5O6S2/c1-22-16-14(18(26)23(2)19(22)27)9-12(10-20-16)17(25)21-11-13-3-4-15(31-13)32(28,29)24-5-7-30-8-6-24/h3-4,9-10H,5-8,11H2,1-2H3,(H,21,25). The smallest absolute Gasteiger partial charge is 0.332 e. The van der Waals surface area contributed by atoms with E-state index in [2.05, 4.69) is 10.3 Å². The second-order valence-corrected chi connectivity index (χ2v) is 10.6. The predicted octanol–water partition coefficient (Wildman–Crippen LogP) is -0.355. The largest absolute Gasteiger partial charge is 0.379 e. The molecule has 11 nitrogen and oxygen atoms in total. The molecule has 0 spiro atoms. The Balaban J connectivity index is 1.50. The Bertz CT molecular complexity index is 1420. The van der Waals surface area contributed by atoms with Crippen molar-refractivity contribution < 1.29 is 17.9 Å². The molecule has 1 aliphatic rings. The van der Waals surface area contributed by atoms with Gasteiger partial charge in [-0.15, -0.1) is 11.3 Å². The van der Waals surface area contributed by atoms with Crippen LogP contribution in [0.4, 0.5) is 0 Å². The molecule has 0 bridgehead atoms. The lowest BCUT2D eigenvalue weighted by molar-refractivity contribution is 0.0731. The molecule has 0 aliphatic carbocycles. The van der Waals surface area contributed by atoms with Crippen molar-refractivity contribution in [2.24, 2.45) is 14.1 Å². The van der Waals surface area contributed by atoms with E-state index in [0.717, 1.165) is 15.9 Å². The molecule has 0 saturated carbocycles. The number of carbonyl (C=O) groups excluding carboxylic acids is 1. The van der Waals surface area contributed by atoms with Crippen LogP contribution in [-0.4, -0.2) is 59.1 Å². The number of ether oxygens (including phenoxy) is 1. The van der Waals surface area contributed by atoms with Crippen molar-refractivity contribution in [3.05, 3.63) is 55.7 Å². The molecule has 1 aliphatic heterocycles. The van der Waals surface area contributed by atoms with Gasteiger partial charge < -0.3 is 10.1 Å². The summed E-state index contributed by atoms with van der Waals surface area (Å²) < 4.78 is 34.4. The second kappa shape index (κ2) is 8.58. The molecule has 3 aromatic heterocycles. The van der Waals surface area contributed by atoms with Crippen molar-refractivity contribution in [1.29, 1.82) is 0 Å². The molecule has 4 rings (SSSR count). The van der Waals surface area contributed by atoms with Gasteiger partial charge in [-0.2, -0.15) is 4.31 Å². The zero-order chi connectivity index (χ0) is 23.0. The molecule has 0 unspecified atom stereocenters. The molecule has 0 atom stereocenters. The summed E-state index contributed by atoms with van der Waals surface area (Å²) in [5.74, 6) is -0.471. The van der Waals surface area contributed by atoms with Gasteiger partial charge in [0.05, 0.1) is 30.7 Å². The highest BCUT2D eigenvalue weighted by Gasteiger charge is 2.27. The maximum Gasteiger partial charge on any atom is 0.332 e. The predicted molar refractivity (Wildman–Crippen MR) is 117 cm³/mol. The number of thiophene rings is 1. The van der Waals surface area contributed by atoms with Gasteiger partial charge in [0.25, 0.3) is 21.5 Å². The number of morpholine rings is 1. The number of nitrogens with zero attached hydrogens (tertiary/aromatic N) is 4. The summed E-state index contributed by atoms with van der Waals surface area (Å²) in [6.07, 6.45) is 1.29. The third-order valence-corrected chi connectivity index (χ3v) is 8.63. The van der Waals surface area contributed by atoms with Gasteiger partial charge in [0.15, 0.2) is 0 Å². The molecule has 3 aromatic rings. The number of aryl methyl sites for hydroxylation is 1. The summed E-state index contributed by atoms with van der Waals surface area (Å²) >= 11 is 1.09. The van der Waals surface area contributed by atoms with Crippen LogP contribution in [0.3, 0.4) is 0 Å². The number of hydrogen-bond donors (Lipinski definition) is 1. The third-order valence-electron chi connectivity index (χ3n) is 5.18. The Kier molecular flexibility index (Phi) is 5.99. The number of aromatic nitrogens is 3. The molecule has 1 N–H and O–H groups in total. The molecular weight excluding hydrogens is 458 g/mol. The van der Waals surface area contributed by atoms with E-state index in [1.165, 1.54) is 41.3 Å². The average Bonchev–Trinajstić information content (AvgIpc) is 3.30. The number of rotatable bonds is 5. The first kappa shape index (κ1) is 22.3. The van der Waals surface area contributed by atoms with Crippen LogP contribution in [-0.2, 0) is 35.4 Å². The lowest BCUT2D eigenvalue weighted by atomic mass is 10.2. The topological polar surface area (TPSA) is 133 Å². The van der Waals surface area contributed by atoms with E-state index in [9.17, 15) is 22.8 Å². The van der Waals surface area contributed by atoms with Crippen LogP contribution in [0.1, 0.15) is 15.2 Å². The Morgan fingerprint density at radius 2 is 1.91 bits per heavy atom. The van der Waals surface area contributed by atoms with Gasteiger partial charge >= 0.3 is 5.69 Å². The molecule has 4 heterocycles. The van der Waals surface area contributed by atoms with Gasteiger partial charge in [-0.05, 0) is 18.2 Å². The summed E-state index contributed by atoms with van der Waals surface area (Å²) in [4.78, 5) is 41.8. The van der Waals surface area contributed by atoms with Crippen molar-refractivity contribution in [1.82, 2.24) is 23.7 Å². The number of pyridine rings is 1. The average molecular weight is 480 g/mol. The van der Waals surface area contributed by atoms with E-state index in [4.69, 9.17) is 4.74 Å². The molecule has 32 heavy (non-hydrogen) atoms. The fraction of sp³-hybridized carbons (Fsp3) is 0.368. The maximum absolute atomic E-state index is 12.7. The second-order valence-electron chi connectivity index (χ2n) is 7.22. The highest BCUT2D eigenvalue weighted by atomic mass is 32.2. The van der Waals surface area contributed by atoms with Gasteiger partial charge in [0.2, 0.25) is 0 Å². The fourth-order valence-corrected chi connectivity index (χ4v) is 6.22. The van der Waals surface area contributed by atoms with E-state index in [-0.39, 0.29) is 27.4 Å². The molecular formula is C19H21N5O6S2. The summed E-state index contributed by atoms with van der Waals surface area (Å²) in [5.41, 5.74) is -0.703. The van der Waals surface area contributed by atoms with Gasteiger partial charge in [-0.1, -0.05) is 0 Å². The van der Waals surface area contributed by atoms with Gasteiger partial charge in [-0.25, -0.2) is 18.2 Å². The first-order valence-electron chi connectivity index (χ1n) is 9.70. The zero-order valence-electron chi connectivity index (χ0n) is 17.4. The van der Waals surface area contributed by atoms with Crippen molar-refractivity contribution in [3.8, 4) is 0 Å². The number of hydrogen-bond acceptors (Lipinski definition) is 8. The lowest BCUT2D eigenvalue weighted by Gasteiger charge is -2.25. The Hall–Kier alpha value is -2.87. The van der Waals surface area contributed by atoms with Crippen LogP contribution in [0.25, 0.3) is 11.0 Å². The molecule has 170 valence electrons. The summed E-state index contributed by atoms with van der Waals surface area (Å²) in [6, 6.07) is 4.57. The number of fused-ring (bicyclic) bond motifs is 1. The lowest BCUT2D eigenvalue weighted by Crippen LogP contribution is -2.40. The van der Waals surface area contributed by atoms with Crippen LogP contribution in [0, 0.1) is 0 Å². The van der Waals surface area contributed by atoms with Crippen molar-refractivity contribution in [2.45, 2.75) is 10.8 Å². The summed E-state index contributed by atoms with van der Waals surface area (Å²) in [6.45, 7) is 1.47. The van der Waals surface area contributed by atoms with E-state index >= 15 is 0 Å². The van der Waals surface area contributed by atoms with E-state index in [1.807, 2.05) is 0 Å². The minimum absolute atomic E-state index is 0.117. The monoisotopic (exact) mass is 479 g/mol. The molecule has 13 heteroatoms. The van der Waals surface area contributed by atoms with Crippen LogP contribution >= 0.6 is 11.3 Å². The Morgan fingerprint density at radius 1 is 1.19 bits per heavy atom. The number of nitrogens with one attached hydrogen (secondary N) is 1. The highest BCUT2D eigenvalue weighted by Crippen LogP contribution is 2.25. The van der Waals surface area contributed by atoms with Crippen molar-refractivity contribution in [3.63, 3.8) is 0 Å². The first-order chi connectivity index (χ1) is 15.2. The van der Waals surface area contributed by atoms with Crippen LogP contribution in [0.2, 0.25) is 0 Å². The van der Waals surface area contributed by atoms with Crippen LogP contribution in [0.5, 0.6) is 0 Å². The number of carbonyl (C=O) groups is 1. The molecule has 0 aromatic carbocycles. The molecule has 1 saturated heterocycles. The van der Waals surface area contributed by atoms with E-state index in [1.54, 1.807) is 6.07 Å². The quantitative estimate of drug-likeness (QED) is 0.529. The zero-order valence-corrected chi connectivity index (χ0v) is 19.0. The van der Waals surface area contributed by atoms with Crippen LogP contribution in [0.15, 0.2) is 38.2 Å². The molecule has 1 fully saturated rings. The summed E-state index contributed by atoms with van der Waals surface area (Å²) in [5, 5.41) is 2.86. The normalized spacial score (nSPS) is 15.2. The maximum atomic E-state index is 12.7.